The minimum absolute atomic E-state index is 0.0649. The molecule has 0 spiro atoms. The van der Waals surface area contributed by atoms with Crippen LogP contribution >= 0.6 is 0 Å². The van der Waals surface area contributed by atoms with E-state index in [0.29, 0.717) is 32.1 Å². The Balaban J connectivity index is 1.58. The Labute approximate surface area is 274 Å². The predicted octanol–water partition coefficient (Wildman–Crippen LogP) is 2.27. The quantitative estimate of drug-likeness (QED) is 0.150. The highest BCUT2D eigenvalue weighted by molar-refractivity contribution is 5.22. The molecule has 266 valence electrons. The maximum Gasteiger partial charge on any atom is 0.186 e. The molecule has 0 aromatic carbocycles. The van der Waals surface area contributed by atoms with E-state index in [1.54, 1.807) is 19.9 Å². The van der Waals surface area contributed by atoms with Gasteiger partial charge in [0.15, 0.2) is 6.29 Å². The standard InChI is InChI=1S/C36H62O10/c1-31(2,43)12-9-13-36(8,44)19-10-15-34(6)25(19)21(45-30-28(42)27(41)26(40)22(18-37)46-30)16-23-33(5)14-11-24(39)32(3,4)29(33)20(38)17-35(23,34)7/h9,12,19-30,37-44H,10-11,13-18H2,1-8H3. The number of aliphatic hydroxyl groups excluding tert-OH is 6. The highest BCUT2D eigenvalue weighted by atomic mass is 16.7. The molecule has 5 rings (SSSR count). The molecule has 5 fully saturated rings. The van der Waals surface area contributed by atoms with Crippen LogP contribution in [0, 0.1) is 45.3 Å². The second kappa shape index (κ2) is 12.0. The molecule has 46 heavy (non-hydrogen) atoms. The average molecular weight is 655 g/mol. The molecule has 5 aliphatic rings. The molecule has 16 unspecified atom stereocenters. The molecule has 16 atom stereocenters. The first kappa shape index (κ1) is 36.6. The van der Waals surface area contributed by atoms with Crippen molar-refractivity contribution in [2.24, 2.45) is 45.3 Å². The lowest BCUT2D eigenvalue weighted by Gasteiger charge is -2.71. The van der Waals surface area contributed by atoms with Crippen LogP contribution < -0.4 is 0 Å². The lowest BCUT2D eigenvalue weighted by Crippen LogP contribution is -2.70. The fourth-order valence-electron chi connectivity index (χ4n) is 11.8. The summed E-state index contributed by atoms with van der Waals surface area (Å²) in [6.45, 7) is 15.6. The van der Waals surface area contributed by atoms with Gasteiger partial charge in [-0.2, -0.15) is 0 Å². The zero-order valence-corrected chi connectivity index (χ0v) is 29.1. The zero-order valence-electron chi connectivity index (χ0n) is 29.1. The summed E-state index contributed by atoms with van der Waals surface area (Å²) in [5.74, 6) is -0.539. The number of ether oxygens (including phenoxy) is 2. The molecule has 0 bridgehead atoms. The van der Waals surface area contributed by atoms with Crippen LogP contribution in [0.2, 0.25) is 0 Å². The summed E-state index contributed by atoms with van der Waals surface area (Å²) in [7, 11) is 0. The van der Waals surface area contributed by atoms with Gasteiger partial charge in [-0.05, 0) is 111 Å². The molecule has 10 nitrogen and oxygen atoms in total. The van der Waals surface area contributed by atoms with Crippen molar-refractivity contribution in [3.63, 3.8) is 0 Å². The number of fused-ring (bicyclic) bond motifs is 5. The van der Waals surface area contributed by atoms with Gasteiger partial charge in [-0.1, -0.05) is 46.8 Å². The first-order chi connectivity index (χ1) is 21.0. The van der Waals surface area contributed by atoms with Crippen LogP contribution in [-0.2, 0) is 9.47 Å². The lowest BCUT2D eigenvalue weighted by atomic mass is 9.34. The monoisotopic (exact) mass is 654 g/mol. The molecule has 0 aromatic heterocycles. The third kappa shape index (κ3) is 5.64. The van der Waals surface area contributed by atoms with E-state index in [0.717, 1.165) is 12.8 Å². The van der Waals surface area contributed by atoms with Gasteiger partial charge in [-0.25, -0.2) is 0 Å². The third-order valence-electron chi connectivity index (χ3n) is 14.2. The molecule has 1 aliphatic heterocycles. The maximum atomic E-state index is 12.1. The molecular formula is C36H62O10. The van der Waals surface area contributed by atoms with Gasteiger partial charge in [0.1, 0.15) is 24.4 Å². The molecule has 10 heteroatoms. The van der Waals surface area contributed by atoms with Crippen LogP contribution in [0.1, 0.15) is 100 Å². The predicted molar refractivity (Wildman–Crippen MR) is 171 cm³/mol. The molecular weight excluding hydrogens is 592 g/mol. The molecule has 0 aromatic rings. The smallest absolute Gasteiger partial charge is 0.186 e. The Kier molecular flexibility index (Phi) is 9.55. The Morgan fingerprint density at radius 1 is 0.870 bits per heavy atom. The van der Waals surface area contributed by atoms with Gasteiger partial charge in [0, 0.05) is 0 Å². The van der Waals surface area contributed by atoms with Gasteiger partial charge < -0.3 is 50.3 Å². The Morgan fingerprint density at radius 2 is 1.52 bits per heavy atom. The molecule has 1 heterocycles. The topological polar surface area (TPSA) is 180 Å². The summed E-state index contributed by atoms with van der Waals surface area (Å²) >= 11 is 0. The molecule has 8 N–H and O–H groups in total. The minimum Gasteiger partial charge on any atom is -0.394 e. The Hall–Kier alpha value is -0.660. The van der Waals surface area contributed by atoms with E-state index in [4.69, 9.17) is 9.47 Å². The molecule has 4 aliphatic carbocycles. The second-order valence-corrected chi connectivity index (χ2v) is 17.9. The van der Waals surface area contributed by atoms with Crippen molar-refractivity contribution in [3.8, 4) is 0 Å². The summed E-state index contributed by atoms with van der Waals surface area (Å²) in [6, 6.07) is 0. The first-order valence-electron chi connectivity index (χ1n) is 17.5. The highest BCUT2D eigenvalue weighted by Crippen LogP contribution is 2.76. The number of hydrogen-bond acceptors (Lipinski definition) is 10. The van der Waals surface area contributed by atoms with Gasteiger partial charge in [0.2, 0.25) is 0 Å². The average Bonchev–Trinajstić information content (AvgIpc) is 3.31. The Bertz CT molecular complexity index is 1130. The van der Waals surface area contributed by atoms with Crippen molar-refractivity contribution < 1.29 is 50.3 Å². The van der Waals surface area contributed by atoms with Crippen LogP contribution in [0.5, 0.6) is 0 Å². The van der Waals surface area contributed by atoms with Crippen molar-refractivity contribution in [1.29, 1.82) is 0 Å². The fraction of sp³-hybridized carbons (Fsp3) is 0.944. The van der Waals surface area contributed by atoms with E-state index in [1.807, 2.05) is 13.0 Å². The SMILES string of the molecule is CC(C)(O)C=CCC(C)(O)C1CCC2(C)C1C(OC1OC(CO)C(O)C(O)C1O)CC1C3(C)CCC(O)C(C)(C)C3C(O)CC12C. The van der Waals surface area contributed by atoms with Gasteiger partial charge in [-0.3, -0.25) is 0 Å². The number of rotatable bonds is 7. The summed E-state index contributed by atoms with van der Waals surface area (Å²) in [5, 5.41) is 87.5. The fourth-order valence-corrected chi connectivity index (χ4v) is 11.8. The van der Waals surface area contributed by atoms with Crippen LogP contribution in [-0.4, -0.2) is 108 Å². The van der Waals surface area contributed by atoms with E-state index in [9.17, 15) is 40.9 Å². The van der Waals surface area contributed by atoms with Gasteiger partial charge >= 0.3 is 0 Å². The molecule has 0 amide bonds. The lowest BCUT2D eigenvalue weighted by molar-refractivity contribution is -0.339. The molecule has 4 saturated carbocycles. The number of hydrogen-bond donors (Lipinski definition) is 8. The van der Waals surface area contributed by atoms with Crippen LogP contribution in [0.25, 0.3) is 0 Å². The summed E-state index contributed by atoms with van der Waals surface area (Å²) < 4.78 is 12.6. The Morgan fingerprint density at radius 3 is 2.13 bits per heavy atom. The van der Waals surface area contributed by atoms with Crippen molar-refractivity contribution in [2.45, 2.75) is 161 Å². The van der Waals surface area contributed by atoms with Crippen molar-refractivity contribution in [3.05, 3.63) is 12.2 Å². The van der Waals surface area contributed by atoms with Gasteiger partial charge in [0.25, 0.3) is 0 Å². The van der Waals surface area contributed by atoms with E-state index >= 15 is 0 Å². The normalized spacial score (nSPS) is 52.1. The first-order valence-corrected chi connectivity index (χ1v) is 17.5. The maximum absolute atomic E-state index is 12.1. The number of aliphatic hydroxyl groups is 8. The van der Waals surface area contributed by atoms with E-state index in [2.05, 4.69) is 34.6 Å². The summed E-state index contributed by atoms with van der Waals surface area (Å²) in [5.41, 5.74) is -3.78. The van der Waals surface area contributed by atoms with Gasteiger partial charge in [0.05, 0.1) is 36.1 Å². The highest BCUT2D eigenvalue weighted by Gasteiger charge is 2.73. The van der Waals surface area contributed by atoms with E-state index < -0.39 is 77.7 Å². The molecule has 0 radical (unpaired) electrons. The largest absolute Gasteiger partial charge is 0.394 e. The van der Waals surface area contributed by atoms with E-state index in [-0.39, 0.29) is 34.5 Å². The zero-order chi connectivity index (χ0) is 34.4. The van der Waals surface area contributed by atoms with Crippen molar-refractivity contribution in [1.82, 2.24) is 0 Å². The van der Waals surface area contributed by atoms with Crippen LogP contribution in [0.3, 0.4) is 0 Å². The third-order valence-corrected chi connectivity index (χ3v) is 14.2. The summed E-state index contributed by atoms with van der Waals surface area (Å²) in [4.78, 5) is 0. The van der Waals surface area contributed by atoms with E-state index in [1.165, 1.54) is 0 Å². The van der Waals surface area contributed by atoms with Crippen LogP contribution in [0.4, 0.5) is 0 Å². The molecule has 1 saturated heterocycles. The second-order valence-electron chi connectivity index (χ2n) is 17.9. The van der Waals surface area contributed by atoms with Gasteiger partial charge in [-0.15, -0.1) is 0 Å². The summed E-state index contributed by atoms with van der Waals surface area (Å²) in [6.07, 6.45) is -0.895. The van der Waals surface area contributed by atoms with Crippen molar-refractivity contribution in [2.75, 3.05) is 6.61 Å². The van der Waals surface area contributed by atoms with Crippen molar-refractivity contribution >= 4 is 0 Å². The minimum atomic E-state index is -1.57. The van der Waals surface area contributed by atoms with Crippen LogP contribution in [0.15, 0.2) is 12.2 Å².